The number of nitrogens with zero attached hydrogens (tertiary/aromatic N) is 1. The van der Waals surface area contributed by atoms with Gasteiger partial charge in [-0.3, -0.25) is 0 Å². The predicted molar refractivity (Wildman–Crippen MR) is 260 cm³/mol. The number of ether oxygens (including phenoxy) is 1. The Morgan fingerprint density at radius 3 is 1.29 bits per heavy atom. The number of hydrogen-bond acceptors (Lipinski definition) is 2. The van der Waals surface area contributed by atoms with Crippen molar-refractivity contribution in [2.24, 2.45) is 0 Å². The molecule has 1 aliphatic carbocycles. The van der Waals surface area contributed by atoms with Crippen LogP contribution in [0.2, 0.25) is 0 Å². The van der Waals surface area contributed by atoms with Gasteiger partial charge in [0.2, 0.25) is 0 Å². The van der Waals surface area contributed by atoms with Crippen LogP contribution in [0.25, 0.3) is 55.6 Å². The van der Waals surface area contributed by atoms with Crippen molar-refractivity contribution in [3.05, 3.63) is 271 Å². The van der Waals surface area contributed by atoms with E-state index >= 15 is 0 Å². The summed E-state index contributed by atoms with van der Waals surface area (Å²) in [5.41, 5.74) is 19.3. The van der Waals surface area contributed by atoms with Crippen LogP contribution in [0, 0.1) is 0 Å². The van der Waals surface area contributed by atoms with Gasteiger partial charge in [0.1, 0.15) is 11.5 Å². The summed E-state index contributed by atoms with van der Waals surface area (Å²) >= 11 is 0. The average molecular weight is 804 g/mol. The number of fused-ring (bicyclic) bond motifs is 9. The minimum Gasteiger partial charge on any atom is -0.457 e. The third-order valence-corrected chi connectivity index (χ3v) is 13.0. The van der Waals surface area contributed by atoms with Crippen LogP contribution < -0.4 is 9.64 Å². The minimum absolute atomic E-state index is 0.606. The molecule has 0 N–H and O–H groups in total. The Balaban J connectivity index is 1.14. The van der Waals surface area contributed by atoms with E-state index in [0.29, 0.717) is 0 Å². The lowest BCUT2D eigenvalue weighted by atomic mass is 9.66. The standard InChI is InChI=1S/C61H41NO/c1-3-21-42(22-4-1)45-25-7-8-27-47(45)48-28-9-10-29-49(48)52-31-13-18-36-58(52)62(57-35-17-12-26-46(57)43-23-5-2-6-24-43)44-39-40-51-50-30-11-14-32-53(50)61(56(51)41-44)54-33-15-19-37-59(54)63-60-38-20-16-34-55(60)61/h1-41H. The van der Waals surface area contributed by atoms with E-state index in [2.05, 4.69) is 254 Å². The fourth-order valence-corrected chi connectivity index (χ4v) is 10.4. The molecule has 2 aliphatic rings. The molecule has 1 aliphatic heterocycles. The minimum atomic E-state index is -0.606. The van der Waals surface area contributed by atoms with E-state index in [-0.39, 0.29) is 0 Å². The Morgan fingerprint density at radius 2 is 0.667 bits per heavy atom. The summed E-state index contributed by atoms with van der Waals surface area (Å²) < 4.78 is 6.71. The molecule has 1 spiro atoms. The molecule has 10 aromatic carbocycles. The van der Waals surface area contributed by atoms with Crippen LogP contribution in [-0.2, 0) is 5.41 Å². The fraction of sp³-hybridized carbons (Fsp3) is 0.0164. The number of anilines is 3. The van der Waals surface area contributed by atoms with E-state index in [0.717, 1.165) is 61.9 Å². The Hall–Kier alpha value is -8.20. The average Bonchev–Trinajstić information content (AvgIpc) is 3.65. The lowest BCUT2D eigenvalue weighted by molar-refractivity contribution is 0.436. The van der Waals surface area contributed by atoms with Crippen LogP contribution in [0.1, 0.15) is 22.3 Å². The van der Waals surface area contributed by atoms with E-state index in [1.807, 2.05) is 0 Å². The zero-order valence-corrected chi connectivity index (χ0v) is 34.5. The summed E-state index contributed by atoms with van der Waals surface area (Å²) in [6, 6.07) is 90.2. The van der Waals surface area contributed by atoms with Gasteiger partial charge in [0.15, 0.2) is 0 Å². The van der Waals surface area contributed by atoms with Gasteiger partial charge in [-0.2, -0.15) is 0 Å². The van der Waals surface area contributed by atoms with Gasteiger partial charge in [-0.05, 0) is 92.0 Å². The molecule has 2 heteroatoms. The number of hydrogen-bond donors (Lipinski definition) is 0. The first-order valence-corrected chi connectivity index (χ1v) is 21.7. The van der Waals surface area contributed by atoms with Gasteiger partial charge in [0.05, 0.1) is 16.8 Å². The summed E-state index contributed by atoms with van der Waals surface area (Å²) in [6.45, 7) is 0. The molecule has 12 rings (SSSR count). The smallest absolute Gasteiger partial charge is 0.132 e. The second-order valence-electron chi connectivity index (χ2n) is 16.3. The molecule has 10 aromatic rings. The van der Waals surface area contributed by atoms with Crippen molar-refractivity contribution in [3.8, 4) is 67.1 Å². The summed E-state index contributed by atoms with van der Waals surface area (Å²) in [5.74, 6) is 1.77. The van der Waals surface area contributed by atoms with Crippen molar-refractivity contribution in [1.29, 1.82) is 0 Å². The van der Waals surface area contributed by atoms with Crippen molar-refractivity contribution in [3.63, 3.8) is 0 Å². The van der Waals surface area contributed by atoms with Gasteiger partial charge < -0.3 is 9.64 Å². The maximum atomic E-state index is 6.71. The van der Waals surface area contributed by atoms with Gasteiger partial charge in [-0.1, -0.05) is 212 Å². The molecule has 2 nitrogen and oxygen atoms in total. The first-order chi connectivity index (χ1) is 31.3. The van der Waals surface area contributed by atoms with Gasteiger partial charge in [0.25, 0.3) is 0 Å². The van der Waals surface area contributed by atoms with Gasteiger partial charge in [-0.15, -0.1) is 0 Å². The Kier molecular flexibility index (Phi) is 8.76. The molecule has 63 heavy (non-hydrogen) atoms. The lowest BCUT2D eigenvalue weighted by Crippen LogP contribution is -2.32. The van der Waals surface area contributed by atoms with E-state index < -0.39 is 5.41 Å². The zero-order chi connectivity index (χ0) is 41.7. The number of para-hydroxylation sites is 4. The molecule has 0 unspecified atom stereocenters. The summed E-state index contributed by atoms with van der Waals surface area (Å²) in [6.07, 6.45) is 0. The molecule has 0 aromatic heterocycles. The van der Waals surface area contributed by atoms with Gasteiger partial charge in [-0.25, -0.2) is 0 Å². The second kappa shape index (κ2) is 15.1. The molecule has 1 heterocycles. The van der Waals surface area contributed by atoms with Crippen LogP contribution in [0.15, 0.2) is 249 Å². The second-order valence-corrected chi connectivity index (χ2v) is 16.3. The van der Waals surface area contributed by atoms with Crippen molar-refractivity contribution in [2.75, 3.05) is 4.90 Å². The predicted octanol–water partition coefficient (Wildman–Crippen LogP) is 16.3. The van der Waals surface area contributed by atoms with Crippen LogP contribution in [-0.4, -0.2) is 0 Å². The first-order valence-electron chi connectivity index (χ1n) is 21.7. The molecule has 0 radical (unpaired) electrons. The van der Waals surface area contributed by atoms with E-state index in [4.69, 9.17) is 4.74 Å². The van der Waals surface area contributed by atoms with Crippen LogP contribution in [0.4, 0.5) is 17.1 Å². The van der Waals surface area contributed by atoms with E-state index in [1.165, 1.54) is 44.5 Å². The van der Waals surface area contributed by atoms with Crippen molar-refractivity contribution in [1.82, 2.24) is 0 Å². The highest BCUT2D eigenvalue weighted by molar-refractivity contribution is 6.00. The normalized spacial score (nSPS) is 12.7. The Bertz CT molecular complexity index is 3290. The molecule has 0 fully saturated rings. The monoisotopic (exact) mass is 803 g/mol. The fourth-order valence-electron chi connectivity index (χ4n) is 10.4. The third-order valence-electron chi connectivity index (χ3n) is 13.0. The highest BCUT2D eigenvalue weighted by Gasteiger charge is 2.51. The van der Waals surface area contributed by atoms with E-state index in [1.54, 1.807) is 0 Å². The quantitative estimate of drug-likeness (QED) is 0.159. The SMILES string of the molecule is c1ccc(-c2ccccc2-c2ccccc2-c2ccccc2N(c2ccc3c(c2)C2(c4ccccc4Oc4ccccc42)c2ccccc2-3)c2ccccc2-c2ccccc2)cc1. The number of rotatable bonds is 7. The van der Waals surface area contributed by atoms with Crippen molar-refractivity contribution >= 4 is 17.1 Å². The van der Waals surface area contributed by atoms with Crippen molar-refractivity contribution in [2.45, 2.75) is 5.41 Å². The van der Waals surface area contributed by atoms with Crippen LogP contribution in [0.3, 0.4) is 0 Å². The Labute approximate surface area is 368 Å². The summed E-state index contributed by atoms with van der Waals surface area (Å²) in [7, 11) is 0. The van der Waals surface area contributed by atoms with Gasteiger partial charge >= 0.3 is 0 Å². The molecular weight excluding hydrogens is 763 g/mol. The zero-order valence-electron chi connectivity index (χ0n) is 34.5. The molecule has 0 amide bonds. The molecular formula is C61H41NO. The molecule has 0 bridgehead atoms. The molecule has 296 valence electrons. The first kappa shape index (κ1) is 36.6. The van der Waals surface area contributed by atoms with Crippen molar-refractivity contribution < 1.29 is 4.74 Å². The molecule has 0 saturated carbocycles. The largest absolute Gasteiger partial charge is 0.457 e. The van der Waals surface area contributed by atoms with Crippen LogP contribution >= 0.6 is 0 Å². The maximum Gasteiger partial charge on any atom is 0.132 e. The van der Waals surface area contributed by atoms with Crippen LogP contribution in [0.5, 0.6) is 11.5 Å². The summed E-state index contributed by atoms with van der Waals surface area (Å²) in [5, 5.41) is 0. The van der Waals surface area contributed by atoms with Gasteiger partial charge in [0, 0.05) is 27.9 Å². The highest BCUT2D eigenvalue weighted by atomic mass is 16.5. The van der Waals surface area contributed by atoms with E-state index in [9.17, 15) is 0 Å². The number of benzene rings is 10. The lowest BCUT2D eigenvalue weighted by Gasteiger charge is -2.39. The summed E-state index contributed by atoms with van der Waals surface area (Å²) in [4.78, 5) is 2.49. The topological polar surface area (TPSA) is 12.5 Å². The molecule has 0 atom stereocenters. The third kappa shape index (κ3) is 5.80. The highest BCUT2D eigenvalue weighted by Crippen LogP contribution is 2.63. The maximum absolute atomic E-state index is 6.71. The molecule has 0 saturated heterocycles. The Morgan fingerprint density at radius 1 is 0.270 bits per heavy atom.